The predicted molar refractivity (Wildman–Crippen MR) is 159 cm³/mol. The van der Waals surface area contributed by atoms with Gasteiger partial charge in [0.05, 0.1) is 13.2 Å². The van der Waals surface area contributed by atoms with E-state index in [-0.39, 0.29) is 86.6 Å². The molecule has 2 aromatic rings. The van der Waals surface area contributed by atoms with Crippen molar-refractivity contribution in [3.8, 4) is 0 Å². The Balaban J connectivity index is -0.000000735. The zero-order valence-corrected chi connectivity index (χ0v) is 27.8. The summed E-state index contributed by atoms with van der Waals surface area (Å²) in [5.41, 5.74) is -0.410. The van der Waals surface area contributed by atoms with Gasteiger partial charge in [-0.2, -0.15) is 12.1 Å². The molecule has 0 fully saturated rings. The summed E-state index contributed by atoms with van der Waals surface area (Å²) < 4.78 is 61.6. The molecule has 0 heterocycles. The first-order chi connectivity index (χ1) is 20.1. The quantitative estimate of drug-likeness (QED) is 0.0631. The topological polar surface area (TPSA) is 111 Å². The van der Waals surface area contributed by atoms with Crippen molar-refractivity contribution in [2.75, 3.05) is 26.3 Å². The van der Waals surface area contributed by atoms with Crippen LogP contribution in [0, 0.1) is 50.3 Å². The SMILES string of the molecule is CCCCNC(=O)OCCCC(=O)c1ccc(F)[c-]c1F.CCCCNC(=O)OCCCC(=O)c1ccc(F)[c-]c1F.[CH3-].[CH3-].[Ti+4]. The number of nitrogens with one attached hydrogen (secondary N) is 2. The zero-order valence-electron chi connectivity index (χ0n) is 26.3. The summed E-state index contributed by atoms with van der Waals surface area (Å²) in [5, 5.41) is 5.13. The molecule has 0 aliphatic rings. The fourth-order valence-corrected chi connectivity index (χ4v) is 3.22. The molecule has 45 heavy (non-hydrogen) atoms. The van der Waals surface area contributed by atoms with Crippen LogP contribution in [0.25, 0.3) is 0 Å². The number of halogens is 4. The van der Waals surface area contributed by atoms with Crippen LogP contribution in [0.4, 0.5) is 27.2 Å². The summed E-state index contributed by atoms with van der Waals surface area (Å²) in [7, 11) is 0. The van der Waals surface area contributed by atoms with E-state index < -0.39 is 47.0 Å². The third kappa shape index (κ3) is 20.4. The minimum Gasteiger partial charge on any atom is -0.450 e. The van der Waals surface area contributed by atoms with Gasteiger partial charge >= 0.3 is 33.9 Å². The molecule has 0 bridgehead atoms. The van der Waals surface area contributed by atoms with E-state index in [1.165, 1.54) is 0 Å². The van der Waals surface area contributed by atoms with Gasteiger partial charge in [0.25, 0.3) is 0 Å². The number of benzene rings is 2. The zero-order chi connectivity index (χ0) is 31.3. The van der Waals surface area contributed by atoms with Crippen molar-refractivity contribution < 1.29 is 67.9 Å². The van der Waals surface area contributed by atoms with Gasteiger partial charge in [0.2, 0.25) is 0 Å². The van der Waals surface area contributed by atoms with Crippen molar-refractivity contribution in [2.24, 2.45) is 0 Å². The number of hydrogen-bond acceptors (Lipinski definition) is 6. The Hall–Kier alpha value is -3.25. The Morgan fingerprint density at radius 3 is 1.31 bits per heavy atom. The minimum atomic E-state index is -1.00. The van der Waals surface area contributed by atoms with Gasteiger partial charge in [-0.05, 0) is 25.7 Å². The third-order valence-corrected chi connectivity index (χ3v) is 5.49. The standard InChI is InChI=1S/2C15H18F2NO3.2CH3.Ti/c2*1-2-3-8-18-15(20)21-9-4-5-14(19)12-7-6-11(16)10-13(12)17;;;/h2*6-7H,2-5,8-9H2,1H3,(H,18,20);2*1H3;/q4*-1;+4. The van der Waals surface area contributed by atoms with Crippen LogP contribution in [0.5, 0.6) is 0 Å². The monoisotopic (exact) mass is 674 g/mol. The van der Waals surface area contributed by atoms with Crippen LogP contribution in [0.15, 0.2) is 24.3 Å². The van der Waals surface area contributed by atoms with Crippen LogP contribution < -0.4 is 10.6 Å². The maximum Gasteiger partial charge on any atom is 4.00 e. The van der Waals surface area contributed by atoms with Crippen LogP contribution in [-0.4, -0.2) is 50.1 Å². The molecule has 0 atom stereocenters. The molecule has 0 aliphatic heterocycles. The normalized spacial score (nSPS) is 9.56. The van der Waals surface area contributed by atoms with E-state index in [2.05, 4.69) is 10.6 Å². The molecule has 13 heteroatoms. The second-order valence-electron chi connectivity index (χ2n) is 8.95. The van der Waals surface area contributed by atoms with Gasteiger partial charge in [0, 0.05) is 49.2 Å². The third-order valence-electron chi connectivity index (χ3n) is 5.49. The molecular weight excluding hydrogens is 632 g/mol. The summed E-state index contributed by atoms with van der Waals surface area (Å²) >= 11 is 0. The van der Waals surface area contributed by atoms with Gasteiger partial charge < -0.3 is 44.5 Å². The number of ketones is 2. The summed E-state index contributed by atoms with van der Waals surface area (Å²) in [4.78, 5) is 45.8. The minimum absolute atomic E-state index is 0. The summed E-state index contributed by atoms with van der Waals surface area (Å²) in [5.74, 6) is -4.65. The van der Waals surface area contributed by atoms with Crippen LogP contribution in [0.3, 0.4) is 0 Å². The van der Waals surface area contributed by atoms with Crippen molar-refractivity contribution in [2.45, 2.75) is 65.2 Å². The van der Waals surface area contributed by atoms with Crippen LogP contribution in [0.2, 0.25) is 0 Å². The molecule has 0 aliphatic carbocycles. The Morgan fingerprint density at radius 1 is 0.644 bits per heavy atom. The van der Waals surface area contributed by atoms with Gasteiger partial charge in [-0.3, -0.25) is 0 Å². The fourth-order valence-electron chi connectivity index (χ4n) is 3.22. The molecule has 0 saturated carbocycles. The van der Waals surface area contributed by atoms with Crippen molar-refractivity contribution in [3.05, 3.63) is 85.6 Å². The first-order valence-corrected chi connectivity index (χ1v) is 13.7. The molecule has 2 N–H and O–H groups in total. The maximum atomic E-state index is 13.3. The van der Waals surface area contributed by atoms with Gasteiger partial charge in [-0.25, -0.2) is 27.2 Å². The molecular formula is C32H42F4N2O6Ti. The van der Waals surface area contributed by atoms with E-state index in [1.54, 1.807) is 0 Å². The van der Waals surface area contributed by atoms with E-state index in [4.69, 9.17) is 9.47 Å². The second kappa shape index (κ2) is 27.1. The van der Waals surface area contributed by atoms with Gasteiger partial charge in [0.1, 0.15) is 11.6 Å². The van der Waals surface area contributed by atoms with Gasteiger partial charge in [-0.15, -0.1) is 24.3 Å². The molecule has 0 spiro atoms. The van der Waals surface area contributed by atoms with E-state index in [9.17, 15) is 36.7 Å². The summed E-state index contributed by atoms with van der Waals surface area (Å²) in [6.07, 6.45) is 3.19. The number of alkyl carbamates (subject to hydrolysis) is 2. The maximum absolute atomic E-state index is 13.3. The number of carbonyl (C=O) groups excluding carboxylic acids is 4. The predicted octanol–water partition coefficient (Wildman–Crippen LogP) is 7.41. The van der Waals surface area contributed by atoms with E-state index in [1.807, 2.05) is 26.0 Å². The second-order valence-corrected chi connectivity index (χ2v) is 8.95. The summed E-state index contributed by atoms with van der Waals surface area (Å²) in [6.45, 7) is 5.23. The Kier molecular flexibility index (Phi) is 27.8. The molecule has 2 amide bonds. The van der Waals surface area contributed by atoms with Crippen molar-refractivity contribution >= 4 is 23.8 Å². The fraction of sp³-hybridized carbons (Fsp3) is 0.438. The van der Waals surface area contributed by atoms with Gasteiger partial charge in [-0.1, -0.05) is 37.8 Å². The Morgan fingerprint density at radius 2 is 1.00 bits per heavy atom. The molecule has 0 saturated heterocycles. The van der Waals surface area contributed by atoms with E-state index in [0.717, 1.165) is 49.9 Å². The van der Waals surface area contributed by atoms with Crippen molar-refractivity contribution in [3.63, 3.8) is 0 Å². The number of hydrogen-bond donors (Lipinski definition) is 2. The van der Waals surface area contributed by atoms with Gasteiger partial charge in [0.15, 0.2) is 0 Å². The average Bonchev–Trinajstić information content (AvgIpc) is 2.94. The number of unbranched alkanes of at least 4 members (excludes halogenated alkanes) is 2. The molecule has 2 rings (SSSR count). The molecule has 248 valence electrons. The van der Waals surface area contributed by atoms with E-state index in [0.29, 0.717) is 13.1 Å². The van der Waals surface area contributed by atoms with Crippen LogP contribution in [0.1, 0.15) is 85.9 Å². The van der Waals surface area contributed by atoms with Crippen LogP contribution >= 0.6 is 0 Å². The van der Waals surface area contributed by atoms with Crippen molar-refractivity contribution in [1.82, 2.24) is 10.6 Å². The molecule has 0 radical (unpaired) electrons. The first kappa shape index (κ1) is 46.2. The molecule has 2 aromatic carbocycles. The van der Waals surface area contributed by atoms with Crippen LogP contribution in [-0.2, 0) is 31.2 Å². The number of carbonyl (C=O) groups is 4. The molecule has 8 nitrogen and oxygen atoms in total. The largest absolute Gasteiger partial charge is 4.00 e. The average molecular weight is 675 g/mol. The summed E-state index contributed by atoms with van der Waals surface area (Å²) in [6, 6.07) is 7.75. The number of amides is 2. The number of ether oxygens (including phenoxy) is 2. The van der Waals surface area contributed by atoms with Crippen molar-refractivity contribution in [1.29, 1.82) is 0 Å². The molecule has 0 unspecified atom stereocenters. The van der Waals surface area contributed by atoms with E-state index >= 15 is 0 Å². The number of Topliss-reactive ketones (excluding diaryl/α,β-unsaturated/α-hetero) is 2. The first-order valence-electron chi connectivity index (χ1n) is 13.7. The smallest absolute Gasteiger partial charge is 0.450 e. The Labute approximate surface area is 278 Å². The Bertz CT molecular complexity index is 1080. The number of rotatable bonds is 16. The molecule has 0 aromatic heterocycles.